The maximum atomic E-state index is 12.7. The largest absolute Gasteiger partial charge is 0.493 e. The quantitative estimate of drug-likeness (QED) is 0.818. The molecule has 0 aromatic heterocycles. The second-order valence-corrected chi connectivity index (χ2v) is 6.76. The molecule has 1 saturated heterocycles. The van der Waals surface area contributed by atoms with Crippen LogP contribution in [-0.4, -0.2) is 49.0 Å². The Kier molecular flexibility index (Phi) is 5.95. The average molecular weight is 359 g/mol. The lowest BCUT2D eigenvalue weighted by molar-refractivity contribution is -0.136. The molecule has 1 fully saturated rings. The summed E-state index contributed by atoms with van der Waals surface area (Å²) in [5, 5.41) is 0.673. The number of ether oxygens (including phenoxy) is 1. The van der Waals surface area contributed by atoms with Gasteiger partial charge in [0.2, 0.25) is 5.91 Å². The Labute approximate surface area is 154 Å². The molecule has 132 valence electrons. The minimum Gasteiger partial charge on any atom is -0.493 e. The smallest absolute Gasteiger partial charge is 0.226 e. The topological polar surface area (TPSA) is 32.8 Å². The molecule has 1 aliphatic rings. The van der Waals surface area contributed by atoms with E-state index in [2.05, 4.69) is 24.1 Å². The summed E-state index contributed by atoms with van der Waals surface area (Å²) < 4.78 is 5.67. The summed E-state index contributed by atoms with van der Waals surface area (Å²) in [6.07, 6.45) is 0.371. The van der Waals surface area contributed by atoms with Gasteiger partial charge in [-0.2, -0.15) is 0 Å². The van der Waals surface area contributed by atoms with Crippen LogP contribution in [-0.2, 0) is 4.79 Å². The number of likely N-dealkylation sites (N-methyl/N-ethyl adjacent to an activating group) is 1. The maximum Gasteiger partial charge on any atom is 0.226 e. The third-order valence-corrected chi connectivity index (χ3v) is 4.74. The molecule has 0 radical (unpaired) electrons. The molecule has 1 unspecified atom stereocenters. The van der Waals surface area contributed by atoms with Gasteiger partial charge >= 0.3 is 0 Å². The van der Waals surface area contributed by atoms with Gasteiger partial charge < -0.3 is 14.5 Å². The van der Waals surface area contributed by atoms with Crippen molar-refractivity contribution in [3.05, 3.63) is 65.2 Å². The lowest BCUT2D eigenvalue weighted by Gasteiger charge is -2.40. The molecule has 5 heteroatoms. The van der Waals surface area contributed by atoms with Crippen LogP contribution < -0.4 is 4.74 Å². The van der Waals surface area contributed by atoms with Crippen molar-refractivity contribution < 1.29 is 9.53 Å². The van der Waals surface area contributed by atoms with E-state index in [0.717, 1.165) is 25.4 Å². The van der Waals surface area contributed by atoms with E-state index in [0.29, 0.717) is 18.1 Å². The predicted octanol–water partition coefficient (Wildman–Crippen LogP) is 3.62. The van der Waals surface area contributed by atoms with E-state index in [4.69, 9.17) is 16.3 Å². The zero-order chi connectivity index (χ0) is 17.6. The number of rotatable bonds is 5. The molecule has 1 amide bonds. The Hall–Kier alpha value is -2.04. The molecule has 0 spiro atoms. The molecule has 1 heterocycles. The monoisotopic (exact) mass is 358 g/mol. The summed E-state index contributed by atoms with van der Waals surface area (Å²) in [7, 11) is 2.10. The lowest BCUT2D eigenvalue weighted by atomic mass is 10.0. The van der Waals surface area contributed by atoms with Crippen molar-refractivity contribution >= 4 is 17.5 Å². The van der Waals surface area contributed by atoms with Gasteiger partial charge in [0.05, 0.1) is 19.1 Å². The molecule has 25 heavy (non-hydrogen) atoms. The highest BCUT2D eigenvalue weighted by Crippen LogP contribution is 2.25. The minimum absolute atomic E-state index is 0.1000. The SMILES string of the molecule is CN1CCN(C(=O)CCOc2ccc(Cl)cc2)C(c2ccccc2)C1. The summed E-state index contributed by atoms with van der Waals surface area (Å²) >= 11 is 5.86. The van der Waals surface area contributed by atoms with Gasteiger partial charge in [0.1, 0.15) is 5.75 Å². The first-order valence-corrected chi connectivity index (χ1v) is 8.92. The van der Waals surface area contributed by atoms with Crippen LogP contribution >= 0.6 is 11.6 Å². The number of hydrogen-bond acceptors (Lipinski definition) is 3. The fourth-order valence-corrected chi connectivity index (χ4v) is 3.24. The summed E-state index contributed by atoms with van der Waals surface area (Å²) in [6, 6.07) is 17.5. The summed E-state index contributed by atoms with van der Waals surface area (Å²) in [5.41, 5.74) is 1.18. The van der Waals surface area contributed by atoms with E-state index in [-0.39, 0.29) is 11.9 Å². The molecular formula is C20H23ClN2O2. The average Bonchev–Trinajstić information content (AvgIpc) is 2.64. The molecule has 0 N–H and O–H groups in total. The predicted molar refractivity (Wildman–Crippen MR) is 100.0 cm³/mol. The van der Waals surface area contributed by atoms with E-state index in [1.807, 2.05) is 35.2 Å². The molecule has 2 aromatic rings. The van der Waals surface area contributed by atoms with Crippen molar-refractivity contribution in [1.29, 1.82) is 0 Å². The lowest BCUT2D eigenvalue weighted by Crippen LogP contribution is -2.49. The molecule has 3 rings (SSSR count). The summed E-state index contributed by atoms with van der Waals surface area (Å²) in [4.78, 5) is 17.0. The van der Waals surface area contributed by atoms with Gasteiger partial charge in [0.25, 0.3) is 0 Å². The molecule has 0 bridgehead atoms. The number of amides is 1. The van der Waals surface area contributed by atoms with Gasteiger partial charge in [-0.05, 0) is 36.9 Å². The van der Waals surface area contributed by atoms with Crippen LogP contribution in [0.5, 0.6) is 5.75 Å². The first kappa shape index (κ1) is 17.8. The zero-order valence-electron chi connectivity index (χ0n) is 14.4. The van der Waals surface area contributed by atoms with Crippen LogP contribution in [0.15, 0.2) is 54.6 Å². The number of halogens is 1. The van der Waals surface area contributed by atoms with Crippen molar-refractivity contribution in [2.75, 3.05) is 33.3 Å². The fourth-order valence-electron chi connectivity index (χ4n) is 3.11. The number of piperazine rings is 1. The highest BCUT2D eigenvalue weighted by atomic mass is 35.5. The van der Waals surface area contributed by atoms with Crippen molar-refractivity contribution in [2.24, 2.45) is 0 Å². The standard InChI is InChI=1S/C20H23ClN2O2/c1-22-12-13-23(19(15-22)16-5-3-2-4-6-16)20(24)11-14-25-18-9-7-17(21)8-10-18/h2-10,19H,11-15H2,1H3. The van der Waals surface area contributed by atoms with Crippen LogP contribution in [0, 0.1) is 0 Å². The Morgan fingerprint density at radius 3 is 2.56 bits per heavy atom. The second-order valence-electron chi connectivity index (χ2n) is 6.33. The first-order chi connectivity index (χ1) is 12.1. The highest BCUT2D eigenvalue weighted by Gasteiger charge is 2.29. The van der Waals surface area contributed by atoms with E-state index in [1.54, 1.807) is 12.1 Å². The normalized spacial score (nSPS) is 18.2. The Bertz CT molecular complexity index is 691. The second kappa shape index (κ2) is 8.37. The van der Waals surface area contributed by atoms with Crippen molar-refractivity contribution in [2.45, 2.75) is 12.5 Å². The third-order valence-electron chi connectivity index (χ3n) is 4.49. The van der Waals surface area contributed by atoms with Gasteiger partial charge in [-0.25, -0.2) is 0 Å². The minimum atomic E-state index is 0.1000. The molecule has 4 nitrogen and oxygen atoms in total. The molecule has 1 aliphatic heterocycles. The summed E-state index contributed by atoms with van der Waals surface area (Å²) in [5.74, 6) is 0.867. The van der Waals surface area contributed by atoms with Crippen molar-refractivity contribution in [1.82, 2.24) is 9.80 Å². The maximum absolute atomic E-state index is 12.7. The molecular weight excluding hydrogens is 336 g/mol. The van der Waals surface area contributed by atoms with Gasteiger partial charge in [-0.1, -0.05) is 41.9 Å². The van der Waals surface area contributed by atoms with Crippen LogP contribution in [0.2, 0.25) is 5.02 Å². The van der Waals surface area contributed by atoms with Crippen LogP contribution in [0.3, 0.4) is 0 Å². The Balaban J connectivity index is 1.60. The Morgan fingerprint density at radius 1 is 1.12 bits per heavy atom. The van der Waals surface area contributed by atoms with Crippen LogP contribution in [0.25, 0.3) is 0 Å². The Morgan fingerprint density at radius 2 is 1.84 bits per heavy atom. The molecule has 0 saturated carbocycles. The number of nitrogens with zero attached hydrogens (tertiary/aromatic N) is 2. The van der Waals surface area contributed by atoms with E-state index >= 15 is 0 Å². The van der Waals surface area contributed by atoms with E-state index in [1.165, 1.54) is 5.56 Å². The van der Waals surface area contributed by atoms with Gasteiger partial charge in [0, 0.05) is 24.7 Å². The van der Waals surface area contributed by atoms with Crippen LogP contribution in [0.1, 0.15) is 18.0 Å². The van der Waals surface area contributed by atoms with Crippen molar-refractivity contribution in [3.8, 4) is 5.75 Å². The molecule has 2 aromatic carbocycles. The number of carbonyl (C=O) groups excluding carboxylic acids is 1. The third kappa shape index (κ3) is 4.74. The fraction of sp³-hybridized carbons (Fsp3) is 0.350. The first-order valence-electron chi connectivity index (χ1n) is 8.55. The number of carbonyl (C=O) groups is 1. The van der Waals surface area contributed by atoms with Crippen LogP contribution in [0.4, 0.5) is 0 Å². The highest BCUT2D eigenvalue weighted by molar-refractivity contribution is 6.30. The number of benzene rings is 2. The molecule has 0 aliphatic carbocycles. The van der Waals surface area contributed by atoms with E-state index < -0.39 is 0 Å². The van der Waals surface area contributed by atoms with Crippen molar-refractivity contribution in [3.63, 3.8) is 0 Å². The van der Waals surface area contributed by atoms with Gasteiger partial charge in [-0.15, -0.1) is 0 Å². The zero-order valence-corrected chi connectivity index (χ0v) is 15.2. The number of hydrogen-bond donors (Lipinski definition) is 0. The van der Waals surface area contributed by atoms with Gasteiger partial charge in [0.15, 0.2) is 0 Å². The van der Waals surface area contributed by atoms with E-state index in [9.17, 15) is 4.79 Å². The summed E-state index contributed by atoms with van der Waals surface area (Å²) in [6.45, 7) is 2.87. The van der Waals surface area contributed by atoms with Gasteiger partial charge in [-0.3, -0.25) is 4.79 Å². The molecule has 1 atom stereocenters.